The zero-order valence-corrected chi connectivity index (χ0v) is 16.6. The molecule has 2 rings (SSSR count). The number of nitrogens with one attached hydrogen (secondary N) is 3. The van der Waals surface area contributed by atoms with E-state index < -0.39 is 34.9 Å². The number of nitrogen functional groups attached to an aromatic ring is 1. The van der Waals surface area contributed by atoms with Crippen LogP contribution < -0.4 is 27.6 Å². The molecule has 0 aliphatic carbocycles. The average Bonchev–Trinajstić information content (AvgIpc) is 2.62. The van der Waals surface area contributed by atoms with Gasteiger partial charge in [-0.25, -0.2) is 9.59 Å². The number of hydrogen-bond acceptors (Lipinski definition) is 7. The molecule has 0 fully saturated rings. The fourth-order valence-corrected chi connectivity index (χ4v) is 2.38. The Bertz CT molecular complexity index is 1010. The highest BCUT2D eigenvalue weighted by Gasteiger charge is 2.26. The number of rotatable bonds is 5. The van der Waals surface area contributed by atoms with E-state index in [9.17, 15) is 19.2 Å². The van der Waals surface area contributed by atoms with Crippen LogP contribution in [-0.4, -0.2) is 38.2 Å². The molecule has 1 unspecified atom stereocenters. The summed E-state index contributed by atoms with van der Waals surface area (Å²) in [6.07, 6.45) is 2.41. The van der Waals surface area contributed by atoms with Crippen LogP contribution >= 0.6 is 0 Å². The number of H-pyrrole nitrogens is 1. The monoisotopic (exact) mass is 404 g/mol. The van der Waals surface area contributed by atoms with Crippen molar-refractivity contribution in [2.75, 3.05) is 11.1 Å². The number of hydrogen-bond donors (Lipinski definition) is 4. The van der Waals surface area contributed by atoms with Gasteiger partial charge in [0.15, 0.2) is 0 Å². The van der Waals surface area contributed by atoms with E-state index in [4.69, 9.17) is 10.5 Å². The van der Waals surface area contributed by atoms with Gasteiger partial charge in [-0.05, 0) is 38.5 Å². The summed E-state index contributed by atoms with van der Waals surface area (Å²) in [5.74, 6) is -0.921. The maximum atomic E-state index is 12.8. The lowest BCUT2D eigenvalue weighted by molar-refractivity contribution is -0.118. The molecule has 0 aliphatic rings. The molecule has 156 valence electrons. The third-order valence-corrected chi connectivity index (χ3v) is 3.81. The van der Waals surface area contributed by atoms with E-state index in [1.165, 1.54) is 7.05 Å². The first kappa shape index (κ1) is 21.7. The number of aromatic amines is 1. The molecule has 0 bridgehead atoms. The number of nitrogens with two attached hydrogens (primary N) is 1. The molecular formula is C18H24N6O5. The molecule has 0 radical (unpaired) electrons. The number of ether oxygens (including phenoxy) is 1. The van der Waals surface area contributed by atoms with Crippen molar-refractivity contribution >= 4 is 23.5 Å². The molecule has 2 aromatic heterocycles. The summed E-state index contributed by atoms with van der Waals surface area (Å²) in [4.78, 5) is 54.6. The summed E-state index contributed by atoms with van der Waals surface area (Å²) in [5.41, 5.74) is 3.88. The SMILES string of the molecule is Cn1c(N)c(NC(=O)C(Cc2ccncc2)NC(=O)OC(C)(C)C)c(=O)[nH]c1=O. The van der Waals surface area contributed by atoms with Crippen LogP contribution in [0.4, 0.5) is 16.3 Å². The molecule has 11 nitrogen and oxygen atoms in total. The maximum absolute atomic E-state index is 12.8. The number of nitrogens with zero attached hydrogens (tertiary/aromatic N) is 2. The van der Waals surface area contributed by atoms with Crippen LogP contribution in [0.25, 0.3) is 0 Å². The molecule has 0 aromatic carbocycles. The number of aromatic nitrogens is 3. The highest BCUT2D eigenvalue weighted by molar-refractivity contribution is 5.98. The molecule has 5 N–H and O–H groups in total. The molecule has 2 aromatic rings. The lowest BCUT2D eigenvalue weighted by Gasteiger charge is -2.23. The summed E-state index contributed by atoms with van der Waals surface area (Å²) >= 11 is 0. The van der Waals surface area contributed by atoms with Crippen molar-refractivity contribution in [3.05, 3.63) is 50.9 Å². The first-order valence-corrected chi connectivity index (χ1v) is 8.76. The van der Waals surface area contributed by atoms with Gasteiger partial charge >= 0.3 is 11.8 Å². The van der Waals surface area contributed by atoms with Gasteiger partial charge in [-0.1, -0.05) is 0 Å². The Morgan fingerprint density at radius 2 is 1.90 bits per heavy atom. The topological polar surface area (TPSA) is 161 Å². The van der Waals surface area contributed by atoms with Gasteiger partial charge in [0.1, 0.15) is 23.1 Å². The number of pyridine rings is 1. The van der Waals surface area contributed by atoms with Crippen LogP contribution in [0, 0.1) is 0 Å². The molecular weight excluding hydrogens is 380 g/mol. The largest absolute Gasteiger partial charge is 0.444 e. The number of amides is 2. The van der Waals surface area contributed by atoms with Crippen LogP contribution in [0.15, 0.2) is 34.1 Å². The van der Waals surface area contributed by atoms with E-state index in [0.717, 1.165) is 10.1 Å². The van der Waals surface area contributed by atoms with Gasteiger partial charge in [-0.2, -0.15) is 0 Å². The Balaban J connectivity index is 2.29. The second kappa shape index (κ2) is 8.59. The zero-order chi connectivity index (χ0) is 21.8. The maximum Gasteiger partial charge on any atom is 0.408 e. The number of alkyl carbamates (subject to hydrolysis) is 1. The number of anilines is 2. The second-order valence-corrected chi connectivity index (χ2v) is 7.33. The Kier molecular flexibility index (Phi) is 6.42. The summed E-state index contributed by atoms with van der Waals surface area (Å²) in [6, 6.07) is 2.29. The lowest BCUT2D eigenvalue weighted by atomic mass is 10.1. The summed E-state index contributed by atoms with van der Waals surface area (Å²) < 4.78 is 6.19. The van der Waals surface area contributed by atoms with Crippen LogP contribution in [-0.2, 0) is 23.0 Å². The fraction of sp³-hybridized carbons (Fsp3) is 0.389. The Hall–Kier alpha value is -3.63. The normalized spacial score (nSPS) is 12.1. The third-order valence-electron chi connectivity index (χ3n) is 3.81. The molecule has 0 saturated heterocycles. The van der Waals surface area contributed by atoms with Gasteiger partial charge in [-0.3, -0.25) is 24.1 Å². The quantitative estimate of drug-likeness (QED) is 0.550. The van der Waals surface area contributed by atoms with E-state index >= 15 is 0 Å². The fourth-order valence-electron chi connectivity index (χ4n) is 2.38. The van der Waals surface area contributed by atoms with Crippen molar-refractivity contribution in [1.82, 2.24) is 19.9 Å². The minimum atomic E-state index is -1.08. The number of carbonyl (C=O) groups is 2. The van der Waals surface area contributed by atoms with Gasteiger partial charge in [0.2, 0.25) is 5.91 Å². The molecule has 2 heterocycles. The minimum Gasteiger partial charge on any atom is -0.444 e. The predicted molar refractivity (Wildman–Crippen MR) is 106 cm³/mol. The standard InChI is InChI=1S/C18H24N6O5/c1-18(2,3)29-17(28)21-11(9-10-5-7-20-8-6-10)14(25)22-12-13(19)24(4)16(27)23-15(12)26/h5-8,11H,9,19H2,1-4H3,(H,21,28)(H,22,25)(H,23,26,27). The van der Waals surface area contributed by atoms with Crippen molar-refractivity contribution in [3.8, 4) is 0 Å². The van der Waals surface area contributed by atoms with Gasteiger partial charge in [-0.15, -0.1) is 0 Å². The molecule has 29 heavy (non-hydrogen) atoms. The molecule has 1 atom stereocenters. The molecule has 11 heteroatoms. The van der Waals surface area contributed by atoms with Crippen LogP contribution in [0.5, 0.6) is 0 Å². The van der Waals surface area contributed by atoms with Gasteiger partial charge in [0, 0.05) is 25.9 Å². The van der Waals surface area contributed by atoms with E-state index in [2.05, 4.69) is 20.6 Å². The predicted octanol–water partition coefficient (Wildman–Crippen LogP) is 0.125. The highest BCUT2D eigenvalue weighted by atomic mass is 16.6. The van der Waals surface area contributed by atoms with Crippen LogP contribution in [0.3, 0.4) is 0 Å². The Morgan fingerprint density at radius 1 is 1.28 bits per heavy atom. The van der Waals surface area contributed by atoms with E-state index in [-0.39, 0.29) is 17.9 Å². The van der Waals surface area contributed by atoms with Crippen molar-refractivity contribution in [3.63, 3.8) is 0 Å². The van der Waals surface area contributed by atoms with E-state index in [0.29, 0.717) is 0 Å². The van der Waals surface area contributed by atoms with Gasteiger partial charge in [0.05, 0.1) is 0 Å². The Morgan fingerprint density at radius 3 is 2.48 bits per heavy atom. The molecule has 0 spiro atoms. The summed E-state index contributed by atoms with van der Waals surface area (Å²) in [7, 11) is 1.34. The van der Waals surface area contributed by atoms with Crippen molar-refractivity contribution in [1.29, 1.82) is 0 Å². The molecule has 2 amide bonds. The summed E-state index contributed by atoms with van der Waals surface area (Å²) in [5, 5.41) is 4.87. The van der Waals surface area contributed by atoms with E-state index in [1.54, 1.807) is 45.3 Å². The highest BCUT2D eigenvalue weighted by Crippen LogP contribution is 2.12. The lowest BCUT2D eigenvalue weighted by Crippen LogP contribution is -2.48. The van der Waals surface area contributed by atoms with Gasteiger partial charge in [0.25, 0.3) is 5.56 Å². The average molecular weight is 404 g/mol. The minimum absolute atomic E-state index is 0.108. The first-order chi connectivity index (χ1) is 13.5. The smallest absolute Gasteiger partial charge is 0.408 e. The van der Waals surface area contributed by atoms with E-state index in [1.807, 2.05) is 0 Å². The molecule has 0 saturated carbocycles. The first-order valence-electron chi connectivity index (χ1n) is 8.76. The zero-order valence-electron chi connectivity index (χ0n) is 16.6. The molecule has 0 aliphatic heterocycles. The van der Waals surface area contributed by atoms with Crippen molar-refractivity contribution in [2.45, 2.75) is 38.8 Å². The van der Waals surface area contributed by atoms with Crippen LogP contribution in [0.2, 0.25) is 0 Å². The number of carbonyl (C=O) groups excluding carboxylic acids is 2. The van der Waals surface area contributed by atoms with Gasteiger partial charge < -0.3 is 21.1 Å². The second-order valence-electron chi connectivity index (χ2n) is 7.33. The van der Waals surface area contributed by atoms with Crippen molar-refractivity contribution < 1.29 is 14.3 Å². The third kappa shape index (κ3) is 5.92. The van der Waals surface area contributed by atoms with Crippen LogP contribution in [0.1, 0.15) is 26.3 Å². The Labute approximate surface area is 166 Å². The summed E-state index contributed by atoms with van der Waals surface area (Å²) in [6.45, 7) is 5.07. The van der Waals surface area contributed by atoms with Crippen molar-refractivity contribution in [2.24, 2.45) is 7.05 Å².